The molecular formula is C18H18ClN3O. The Morgan fingerprint density at radius 2 is 2.13 bits per heavy atom. The maximum atomic E-state index is 12.6. The Labute approximate surface area is 140 Å². The Kier molecular flexibility index (Phi) is 4.44. The molecule has 1 aromatic carbocycles. The zero-order valence-corrected chi connectivity index (χ0v) is 13.8. The lowest BCUT2D eigenvalue weighted by atomic mass is 9.99. The van der Waals surface area contributed by atoms with Crippen LogP contribution < -0.4 is 5.32 Å². The van der Waals surface area contributed by atoms with Crippen LogP contribution in [0.1, 0.15) is 31.5 Å². The Hall–Kier alpha value is -2.20. The predicted octanol–water partition coefficient (Wildman–Crippen LogP) is 3.94. The number of rotatable bonds is 3. The number of nitrogens with zero attached hydrogens (tertiary/aromatic N) is 2. The average Bonchev–Trinajstić information content (AvgIpc) is 2.71. The van der Waals surface area contributed by atoms with Crippen molar-refractivity contribution in [3.05, 3.63) is 58.9 Å². The highest BCUT2D eigenvalue weighted by Crippen LogP contribution is 2.28. The van der Waals surface area contributed by atoms with E-state index < -0.39 is 6.04 Å². The van der Waals surface area contributed by atoms with Crippen LogP contribution in [0.5, 0.6) is 0 Å². The molecule has 1 aliphatic heterocycles. The Bertz CT molecular complexity index is 758. The number of aromatic nitrogens is 1. The maximum absolute atomic E-state index is 12.6. The fourth-order valence-electron chi connectivity index (χ4n) is 2.61. The molecule has 5 heteroatoms. The van der Waals surface area contributed by atoms with Crippen LogP contribution in [0.15, 0.2) is 47.6 Å². The van der Waals surface area contributed by atoms with Crippen LogP contribution in [-0.2, 0) is 4.79 Å². The number of aliphatic imine (C=N–C) groups is 1. The standard InChI is InChI=1S/C18H18ClN3O/c1-3-11(2)16-18(23)21-14-8-7-12(19)10-13(14)17(22-16)15-6-4-5-9-20-15/h4-11,16H,3H2,1-2H3,(H,21,23)/t11-,16-/m0/s1. The number of fused-ring (bicyclic) bond motifs is 1. The highest BCUT2D eigenvalue weighted by molar-refractivity contribution is 6.31. The minimum Gasteiger partial charge on any atom is -0.324 e. The van der Waals surface area contributed by atoms with Gasteiger partial charge in [-0.3, -0.25) is 14.8 Å². The number of nitrogens with one attached hydrogen (secondary N) is 1. The molecule has 3 rings (SSSR count). The molecule has 2 aromatic rings. The summed E-state index contributed by atoms with van der Waals surface area (Å²) in [6.45, 7) is 4.09. The highest BCUT2D eigenvalue weighted by Gasteiger charge is 2.29. The van der Waals surface area contributed by atoms with Gasteiger partial charge in [0.05, 0.1) is 17.1 Å². The molecule has 4 nitrogen and oxygen atoms in total. The zero-order chi connectivity index (χ0) is 16.4. The molecule has 0 radical (unpaired) electrons. The second kappa shape index (κ2) is 6.50. The van der Waals surface area contributed by atoms with E-state index in [0.29, 0.717) is 10.7 Å². The number of halogens is 1. The quantitative estimate of drug-likeness (QED) is 0.928. The number of amides is 1. The molecule has 0 aliphatic carbocycles. The molecule has 0 bridgehead atoms. The minimum absolute atomic E-state index is 0.0890. The SMILES string of the molecule is CC[C@H](C)[C@@H]1N=C(c2ccccn2)c2cc(Cl)ccc2NC1=O. The first-order valence-electron chi connectivity index (χ1n) is 7.70. The lowest BCUT2D eigenvalue weighted by Gasteiger charge is -2.16. The van der Waals surface area contributed by atoms with Crippen LogP contribution in [0.25, 0.3) is 0 Å². The van der Waals surface area contributed by atoms with E-state index in [4.69, 9.17) is 16.6 Å². The van der Waals surface area contributed by atoms with E-state index in [0.717, 1.165) is 23.4 Å². The number of anilines is 1. The topological polar surface area (TPSA) is 54.4 Å². The summed E-state index contributed by atoms with van der Waals surface area (Å²) in [5.41, 5.74) is 2.96. The van der Waals surface area contributed by atoms with Gasteiger partial charge in [0, 0.05) is 16.8 Å². The van der Waals surface area contributed by atoms with E-state index >= 15 is 0 Å². The molecule has 118 valence electrons. The molecule has 0 fully saturated rings. The number of benzodiazepines with no additional fused rings is 1. The number of benzene rings is 1. The van der Waals surface area contributed by atoms with Crippen LogP contribution in [0.3, 0.4) is 0 Å². The third-order valence-corrected chi connectivity index (χ3v) is 4.36. The Morgan fingerprint density at radius 3 is 2.83 bits per heavy atom. The van der Waals surface area contributed by atoms with Gasteiger partial charge in [-0.05, 0) is 36.2 Å². The molecule has 0 saturated carbocycles. The van der Waals surface area contributed by atoms with E-state index in [2.05, 4.69) is 17.2 Å². The first-order chi connectivity index (χ1) is 11.1. The van der Waals surface area contributed by atoms with E-state index in [9.17, 15) is 4.79 Å². The molecule has 0 spiro atoms. The van der Waals surface area contributed by atoms with Crippen molar-refractivity contribution in [2.24, 2.45) is 10.9 Å². The summed E-state index contributed by atoms with van der Waals surface area (Å²) < 4.78 is 0. The molecule has 1 aliphatic rings. The summed E-state index contributed by atoms with van der Waals surface area (Å²) in [5, 5.41) is 3.58. The van der Waals surface area contributed by atoms with Gasteiger partial charge in [-0.25, -0.2) is 0 Å². The van der Waals surface area contributed by atoms with Crippen LogP contribution in [-0.4, -0.2) is 22.6 Å². The van der Waals surface area contributed by atoms with Crippen molar-refractivity contribution in [1.29, 1.82) is 0 Å². The predicted molar refractivity (Wildman–Crippen MR) is 93.2 cm³/mol. The summed E-state index contributed by atoms with van der Waals surface area (Å²) in [4.78, 5) is 21.7. The van der Waals surface area contributed by atoms with Crippen LogP contribution in [0, 0.1) is 5.92 Å². The number of carbonyl (C=O) groups excluding carboxylic acids is 1. The van der Waals surface area contributed by atoms with Crippen LogP contribution in [0.2, 0.25) is 5.02 Å². The van der Waals surface area contributed by atoms with Crippen LogP contribution >= 0.6 is 11.6 Å². The number of carbonyl (C=O) groups is 1. The number of hydrogen-bond acceptors (Lipinski definition) is 3. The fourth-order valence-corrected chi connectivity index (χ4v) is 2.78. The van der Waals surface area contributed by atoms with E-state index in [-0.39, 0.29) is 11.8 Å². The highest BCUT2D eigenvalue weighted by atomic mass is 35.5. The van der Waals surface area contributed by atoms with Crippen molar-refractivity contribution in [3.8, 4) is 0 Å². The first kappa shape index (κ1) is 15.7. The van der Waals surface area contributed by atoms with Crippen molar-refractivity contribution in [3.63, 3.8) is 0 Å². The van der Waals surface area contributed by atoms with Gasteiger partial charge in [0.1, 0.15) is 6.04 Å². The van der Waals surface area contributed by atoms with E-state index in [1.807, 2.05) is 37.3 Å². The maximum Gasteiger partial charge on any atom is 0.249 e. The molecule has 2 atom stereocenters. The molecule has 1 amide bonds. The largest absolute Gasteiger partial charge is 0.324 e. The Balaban J connectivity index is 2.21. The normalized spacial score (nSPS) is 18.5. The van der Waals surface area contributed by atoms with Gasteiger partial charge in [0.2, 0.25) is 5.91 Å². The van der Waals surface area contributed by atoms with Crippen LogP contribution in [0.4, 0.5) is 5.69 Å². The van der Waals surface area contributed by atoms with Gasteiger partial charge in [0.15, 0.2) is 0 Å². The summed E-state index contributed by atoms with van der Waals surface area (Å²) >= 11 is 6.16. The fraction of sp³-hybridized carbons (Fsp3) is 0.278. The third-order valence-electron chi connectivity index (χ3n) is 4.12. The summed E-state index contributed by atoms with van der Waals surface area (Å²) in [5.74, 6) is 0.0485. The van der Waals surface area contributed by atoms with Gasteiger partial charge >= 0.3 is 0 Å². The van der Waals surface area contributed by atoms with Gasteiger partial charge in [-0.15, -0.1) is 0 Å². The first-order valence-corrected chi connectivity index (χ1v) is 8.08. The van der Waals surface area contributed by atoms with Gasteiger partial charge in [-0.2, -0.15) is 0 Å². The second-order valence-electron chi connectivity index (χ2n) is 5.70. The van der Waals surface area contributed by atoms with Gasteiger partial charge in [0.25, 0.3) is 0 Å². The molecule has 23 heavy (non-hydrogen) atoms. The summed E-state index contributed by atoms with van der Waals surface area (Å²) in [7, 11) is 0. The molecule has 0 saturated heterocycles. The van der Waals surface area contributed by atoms with Gasteiger partial charge in [-0.1, -0.05) is 37.9 Å². The van der Waals surface area contributed by atoms with Crippen molar-refractivity contribution in [2.75, 3.05) is 5.32 Å². The third kappa shape index (κ3) is 3.13. The number of pyridine rings is 1. The van der Waals surface area contributed by atoms with Gasteiger partial charge < -0.3 is 5.32 Å². The smallest absolute Gasteiger partial charge is 0.249 e. The summed E-state index contributed by atoms with van der Waals surface area (Å²) in [6, 6.07) is 10.6. The average molecular weight is 328 g/mol. The lowest BCUT2D eigenvalue weighted by Crippen LogP contribution is -2.31. The molecular weight excluding hydrogens is 310 g/mol. The van der Waals surface area contributed by atoms with Crippen molar-refractivity contribution in [1.82, 2.24) is 4.98 Å². The van der Waals surface area contributed by atoms with Crippen molar-refractivity contribution >= 4 is 28.9 Å². The zero-order valence-electron chi connectivity index (χ0n) is 13.1. The lowest BCUT2D eigenvalue weighted by molar-refractivity contribution is -0.118. The molecule has 1 aromatic heterocycles. The van der Waals surface area contributed by atoms with Crippen molar-refractivity contribution < 1.29 is 4.79 Å². The monoisotopic (exact) mass is 327 g/mol. The molecule has 2 heterocycles. The Morgan fingerprint density at radius 1 is 1.30 bits per heavy atom. The second-order valence-corrected chi connectivity index (χ2v) is 6.14. The number of hydrogen-bond donors (Lipinski definition) is 1. The van der Waals surface area contributed by atoms with E-state index in [1.54, 1.807) is 12.3 Å². The minimum atomic E-state index is -0.441. The molecule has 0 unspecified atom stereocenters. The van der Waals surface area contributed by atoms with E-state index in [1.165, 1.54) is 0 Å². The summed E-state index contributed by atoms with van der Waals surface area (Å²) in [6.07, 6.45) is 2.59. The van der Waals surface area contributed by atoms with Crippen molar-refractivity contribution in [2.45, 2.75) is 26.3 Å². The molecule has 1 N–H and O–H groups in total.